The van der Waals surface area contributed by atoms with Crippen LogP contribution in [0.5, 0.6) is 0 Å². The summed E-state index contributed by atoms with van der Waals surface area (Å²) >= 11 is 0. The monoisotopic (exact) mass is 186 g/mol. The van der Waals surface area contributed by atoms with E-state index in [2.05, 4.69) is 13.8 Å². The van der Waals surface area contributed by atoms with Gasteiger partial charge < -0.3 is 9.47 Å². The Hall–Kier alpha value is -0.0800. The Labute approximate surface area is 81.6 Å². The van der Waals surface area contributed by atoms with Crippen LogP contribution < -0.4 is 0 Å². The highest BCUT2D eigenvalue weighted by molar-refractivity contribution is 4.80. The van der Waals surface area contributed by atoms with Crippen LogP contribution in [0.15, 0.2) is 0 Å². The number of hydrogen-bond acceptors (Lipinski definition) is 2. The van der Waals surface area contributed by atoms with Crippen LogP contribution in [-0.2, 0) is 9.47 Å². The number of hydrogen-bond donors (Lipinski definition) is 0. The van der Waals surface area contributed by atoms with Crippen LogP contribution in [0.25, 0.3) is 0 Å². The Morgan fingerprint density at radius 1 is 0.923 bits per heavy atom. The summed E-state index contributed by atoms with van der Waals surface area (Å²) in [7, 11) is 0. The van der Waals surface area contributed by atoms with E-state index in [0.29, 0.717) is 12.2 Å². The molecular weight excluding hydrogens is 164 g/mol. The fourth-order valence-electron chi connectivity index (χ4n) is 1.97. The minimum absolute atomic E-state index is 0.319. The molecule has 2 atom stereocenters. The van der Waals surface area contributed by atoms with Gasteiger partial charge >= 0.3 is 0 Å². The van der Waals surface area contributed by atoms with Crippen LogP contribution in [0.1, 0.15) is 53.4 Å². The van der Waals surface area contributed by atoms with Gasteiger partial charge in [-0.3, -0.25) is 0 Å². The van der Waals surface area contributed by atoms with Crippen LogP contribution in [0.3, 0.4) is 0 Å². The molecule has 0 N–H and O–H groups in total. The summed E-state index contributed by atoms with van der Waals surface area (Å²) in [6.45, 7) is 8.39. The number of rotatable bonds is 4. The molecule has 0 aromatic rings. The molecule has 1 unspecified atom stereocenters. The Morgan fingerprint density at radius 2 is 1.31 bits per heavy atom. The van der Waals surface area contributed by atoms with Crippen molar-refractivity contribution in [3.05, 3.63) is 0 Å². The van der Waals surface area contributed by atoms with E-state index >= 15 is 0 Å². The molecule has 13 heavy (non-hydrogen) atoms. The maximum atomic E-state index is 5.83. The topological polar surface area (TPSA) is 18.5 Å². The fourth-order valence-corrected chi connectivity index (χ4v) is 1.97. The quantitative estimate of drug-likeness (QED) is 0.671. The largest absolute Gasteiger partial charge is 0.345 e. The third kappa shape index (κ3) is 2.96. The van der Waals surface area contributed by atoms with Crippen LogP contribution in [0.4, 0.5) is 0 Å². The lowest BCUT2D eigenvalue weighted by Crippen LogP contribution is -2.21. The van der Waals surface area contributed by atoms with E-state index in [1.54, 1.807) is 0 Å². The minimum Gasteiger partial charge on any atom is -0.345 e. The van der Waals surface area contributed by atoms with Crippen molar-refractivity contribution >= 4 is 0 Å². The maximum absolute atomic E-state index is 5.83. The van der Waals surface area contributed by atoms with Crippen LogP contribution in [-0.4, -0.2) is 18.0 Å². The van der Waals surface area contributed by atoms with Crippen LogP contribution in [0.2, 0.25) is 0 Å². The van der Waals surface area contributed by atoms with Gasteiger partial charge in [0.25, 0.3) is 0 Å². The van der Waals surface area contributed by atoms with Crippen LogP contribution >= 0.6 is 0 Å². The molecule has 1 aliphatic rings. The first-order chi connectivity index (χ1) is 6.09. The van der Waals surface area contributed by atoms with Gasteiger partial charge in [-0.1, -0.05) is 26.7 Å². The molecule has 1 heterocycles. The summed E-state index contributed by atoms with van der Waals surface area (Å²) in [5.74, 6) is -0.361. The van der Waals surface area contributed by atoms with Crippen molar-refractivity contribution in [1.82, 2.24) is 0 Å². The van der Waals surface area contributed by atoms with Crippen molar-refractivity contribution in [2.24, 2.45) is 0 Å². The predicted molar refractivity (Wildman–Crippen MR) is 53.6 cm³/mol. The highest BCUT2D eigenvalue weighted by atomic mass is 16.7. The molecule has 0 aliphatic carbocycles. The maximum Gasteiger partial charge on any atom is 0.163 e. The SMILES string of the molecule is CCCC1OC(C)(C)O[C@H]1CCC. The molecule has 2 nitrogen and oxygen atoms in total. The van der Waals surface area contributed by atoms with Gasteiger partial charge in [-0.05, 0) is 26.7 Å². The normalized spacial score (nSPS) is 32.3. The second kappa shape index (κ2) is 4.43. The van der Waals surface area contributed by atoms with Gasteiger partial charge in [-0.2, -0.15) is 0 Å². The van der Waals surface area contributed by atoms with Gasteiger partial charge in [-0.15, -0.1) is 0 Å². The van der Waals surface area contributed by atoms with Crippen molar-refractivity contribution in [1.29, 1.82) is 0 Å². The summed E-state index contributed by atoms with van der Waals surface area (Å²) < 4.78 is 11.7. The summed E-state index contributed by atoms with van der Waals surface area (Å²) in [4.78, 5) is 0. The van der Waals surface area contributed by atoms with E-state index < -0.39 is 0 Å². The Bertz CT molecular complexity index is 138. The number of ether oxygens (including phenoxy) is 2. The molecule has 0 amide bonds. The lowest BCUT2D eigenvalue weighted by molar-refractivity contribution is -0.147. The van der Waals surface area contributed by atoms with Crippen molar-refractivity contribution < 1.29 is 9.47 Å². The van der Waals surface area contributed by atoms with E-state index in [1.807, 2.05) is 13.8 Å². The average molecular weight is 186 g/mol. The van der Waals surface area contributed by atoms with Gasteiger partial charge in [0.05, 0.1) is 12.2 Å². The van der Waals surface area contributed by atoms with E-state index in [4.69, 9.17) is 9.47 Å². The molecule has 0 bridgehead atoms. The zero-order valence-electron chi connectivity index (χ0n) is 9.30. The lowest BCUT2D eigenvalue weighted by Gasteiger charge is -2.16. The van der Waals surface area contributed by atoms with Gasteiger partial charge in [0.1, 0.15) is 0 Å². The molecule has 1 saturated heterocycles. The van der Waals surface area contributed by atoms with Gasteiger partial charge in [0.2, 0.25) is 0 Å². The van der Waals surface area contributed by atoms with Crippen molar-refractivity contribution in [3.63, 3.8) is 0 Å². The molecule has 0 radical (unpaired) electrons. The summed E-state index contributed by atoms with van der Waals surface area (Å²) in [5.41, 5.74) is 0. The molecule has 1 rings (SSSR count). The van der Waals surface area contributed by atoms with Crippen LogP contribution in [0, 0.1) is 0 Å². The van der Waals surface area contributed by atoms with E-state index in [-0.39, 0.29) is 5.79 Å². The van der Waals surface area contributed by atoms with E-state index in [1.165, 1.54) is 12.8 Å². The van der Waals surface area contributed by atoms with Crippen molar-refractivity contribution in [2.75, 3.05) is 0 Å². The Kier molecular flexibility index (Phi) is 3.74. The van der Waals surface area contributed by atoms with Crippen molar-refractivity contribution in [2.45, 2.75) is 71.4 Å². The first-order valence-electron chi connectivity index (χ1n) is 5.44. The first-order valence-corrected chi connectivity index (χ1v) is 5.44. The van der Waals surface area contributed by atoms with E-state index in [9.17, 15) is 0 Å². The molecule has 1 aliphatic heterocycles. The third-order valence-electron chi connectivity index (χ3n) is 2.43. The van der Waals surface area contributed by atoms with Crippen molar-refractivity contribution in [3.8, 4) is 0 Å². The summed E-state index contributed by atoms with van der Waals surface area (Å²) in [6, 6.07) is 0. The smallest absolute Gasteiger partial charge is 0.163 e. The first kappa shape index (κ1) is 11.0. The zero-order valence-corrected chi connectivity index (χ0v) is 9.30. The molecular formula is C11H22O2. The summed E-state index contributed by atoms with van der Waals surface area (Å²) in [6.07, 6.45) is 5.22. The molecule has 0 saturated carbocycles. The van der Waals surface area contributed by atoms with Gasteiger partial charge in [0, 0.05) is 0 Å². The standard InChI is InChI=1S/C11H22O2/c1-5-7-9-10(8-6-2)13-11(3,4)12-9/h9-10H,5-8H2,1-4H3/t9-,10?/m0/s1. The predicted octanol–water partition coefficient (Wildman–Crippen LogP) is 3.11. The minimum atomic E-state index is -0.361. The molecule has 0 aromatic carbocycles. The van der Waals surface area contributed by atoms with E-state index in [0.717, 1.165) is 12.8 Å². The summed E-state index contributed by atoms with van der Waals surface area (Å²) in [5, 5.41) is 0. The second-order valence-corrected chi connectivity index (χ2v) is 4.29. The molecule has 0 spiro atoms. The highest BCUT2D eigenvalue weighted by Crippen LogP contribution is 2.32. The second-order valence-electron chi connectivity index (χ2n) is 4.29. The molecule has 1 fully saturated rings. The van der Waals surface area contributed by atoms with Gasteiger partial charge in [-0.25, -0.2) is 0 Å². The third-order valence-corrected chi connectivity index (χ3v) is 2.43. The van der Waals surface area contributed by atoms with Gasteiger partial charge in [0.15, 0.2) is 5.79 Å². The zero-order chi connectivity index (χ0) is 9.90. The lowest BCUT2D eigenvalue weighted by atomic mass is 10.1. The molecule has 2 heteroatoms. The average Bonchev–Trinajstić information content (AvgIpc) is 2.28. The Balaban J connectivity index is 2.49. The highest BCUT2D eigenvalue weighted by Gasteiger charge is 2.39. The molecule has 78 valence electrons. The Morgan fingerprint density at radius 3 is 1.62 bits per heavy atom. The molecule has 0 aromatic heterocycles. The fraction of sp³-hybridized carbons (Fsp3) is 1.00.